The number of hydrogen-bond donors (Lipinski definition) is 1. The first kappa shape index (κ1) is 13.4. The summed E-state index contributed by atoms with van der Waals surface area (Å²) in [5.41, 5.74) is 0.887. The van der Waals surface area contributed by atoms with E-state index < -0.39 is 5.97 Å². The van der Waals surface area contributed by atoms with Crippen LogP contribution in [0.25, 0.3) is 0 Å². The number of amides is 1. The first-order valence-corrected chi connectivity index (χ1v) is 6.46. The molecule has 102 valence electrons. The van der Waals surface area contributed by atoms with Crippen molar-refractivity contribution in [1.29, 1.82) is 0 Å². The number of nitrogens with zero attached hydrogens (tertiary/aromatic N) is 2. The molecule has 1 aliphatic rings. The number of para-hydroxylation sites is 1. The number of benzene rings is 1. The third kappa shape index (κ3) is 3.71. The van der Waals surface area contributed by atoms with Gasteiger partial charge in [-0.1, -0.05) is 18.2 Å². The van der Waals surface area contributed by atoms with Crippen molar-refractivity contribution in [3.8, 4) is 0 Å². The Balaban J connectivity index is 2.00. The molecule has 2 rings (SSSR count). The molecule has 0 radical (unpaired) electrons. The third-order valence-electron chi connectivity index (χ3n) is 3.25. The van der Waals surface area contributed by atoms with Gasteiger partial charge in [0.1, 0.15) is 0 Å². The first-order valence-electron chi connectivity index (χ1n) is 6.46. The molecule has 1 N–H and O–H groups in total. The fourth-order valence-corrected chi connectivity index (χ4v) is 2.00. The highest BCUT2D eigenvalue weighted by atomic mass is 16.4. The van der Waals surface area contributed by atoms with Crippen LogP contribution in [0.3, 0.4) is 0 Å². The predicted molar refractivity (Wildman–Crippen MR) is 72.1 cm³/mol. The molecule has 1 aromatic rings. The van der Waals surface area contributed by atoms with Crippen LogP contribution in [-0.4, -0.2) is 48.1 Å². The van der Waals surface area contributed by atoms with Gasteiger partial charge in [-0.2, -0.15) is 0 Å². The van der Waals surface area contributed by atoms with Crippen LogP contribution in [0, 0.1) is 0 Å². The molecule has 1 heterocycles. The van der Waals surface area contributed by atoms with Gasteiger partial charge in [-0.3, -0.25) is 9.59 Å². The van der Waals surface area contributed by atoms with E-state index in [-0.39, 0.29) is 18.9 Å². The number of anilines is 1. The molecular weight excluding hydrogens is 244 g/mol. The normalized spacial score (nSPS) is 13.8. The van der Waals surface area contributed by atoms with Crippen molar-refractivity contribution in [3.63, 3.8) is 0 Å². The van der Waals surface area contributed by atoms with Gasteiger partial charge in [-0.25, -0.2) is 0 Å². The first-order chi connectivity index (χ1) is 9.16. The lowest BCUT2D eigenvalue weighted by atomic mass is 10.2. The van der Waals surface area contributed by atoms with Crippen molar-refractivity contribution in [2.45, 2.75) is 12.8 Å². The molecule has 5 nitrogen and oxygen atoms in total. The monoisotopic (exact) mass is 262 g/mol. The van der Waals surface area contributed by atoms with E-state index in [1.807, 2.05) is 35.2 Å². The molecule has 0 aromatic heterocycles. The van der Waals surface area contributed by atoms with E-state index in [4.69, 9.17) is 5.11 Å². The van der Waals surface area contributed by atoms with Gasteiger partial charge in [0.15, 0.2) is 0 Å². The zero-order chi connectivity index (χ0) is 13.7. The maximum absolute atomic E-state index is 12.0. The number of carboxylic acids is 1. The van der Waals surface area contributed by atoms with Gasteiger partial charge >= 0.3 is 5.97 Å². The molecule has 1 aromatic carbocycles. The number of aliphatic carboxylic acids is 1. The van der Waals surface area contributed by atoms with Crippen LogP contribution in [0.15, 0.2) is 30.3 Å². The van der Waals surface area contributed by atoms with Crippen molar-refractivity contribution >= 4 is 17.6 Å². The molecule has 0 spiro atoms. The van der Waals surface area contributed by atoms with Crippen LogP contribution in [0.5, 0.6) is 0 Å². The average Bonchev–Trinajstić information content (AvgIpc) is 2.33. The zero-order valence-electron chi connectivity index (χ0n) is 10.8. The lowest BCUT2D eigenvalue weighted by Gasteiger charge is -2.33. The van der Waals surface area contributed by atoms with Crippen LogP contribution in [0.4, 0.5) is 5.69 Å². The fraction of sp³-hybridized carbons (Fsp3) is 0.429. The van der Waals surface area contributed by atoms with Gasteiger partial charge in [-0.05, 0) is 18.6 Å². The Hall–Kier alpha value is -2.04. The molecule has 0 bridgehead atoms. The van der Waals surface area contributed by atoms with Crippen LogP contribution in [-0.2, 0) is 9.59 Å². The minimum absolute atomic E-state index is 0.0299. The summed E-state index contributed by atoms with van der Waals surface area (Å²) in [6, 6.07) is 9.46. The maximum Gasteiger partial charge on any atom is 0.305 e. The van der Waals surface area contributed by atoms with E-state index in [1.165, 1.54) is 0 Å². The number of carbonyl (C=O) groups excluding carboxylic acids is 1. The minimum atomic E-state index is -0.850. The minimum Gasteiger partial charge on any atom is -0.481 e. The van der Waals surface area contributed by atoms with Crippen molar-refractivity contribution in [2.24, 2.45) is 0 Å². The van der Waals surface area contributed by atoms with Crippen LogP contribution in [0.1, 0.15) is 12.8 Å². The molecular formula is C14H18N2O3. The molecule has 5 heteroatoms. The summed E-state index contributed by atoms with van der Waals surface area (Å²) in [4.78, 5) is 26.3. The molecule has 0 unspecified atom stereocenters. The molecule has 1 fully saturated rings. The summed E-state index contributed by atoms with van der Waals surface area (Å²) in [5.74, 6) is -0.780. The van der Waals surface area contributed by atoms with E-state index in [0.29, 0.717) is 6.54 Å². The standard InChI is InChI=1S/C14H18N2O3/c17-13(15-8-4-9-15)11-16(10-7-14(18)19)12-5-2-1-3-6-12/h1-3,5-6H,4,7-11H2,(H,18,19). The molecule has 19 heavy (non-hydrogen) atoms. The Bertz CT molecular complexity index is 443. The summed E-state index contributed by atoms with van der Waals surface area (Å²) < 4.78 is 0. The van der Waals surface area contributed by atoms with E-state index >= 15 is 0 Å². The van der Waals surface area contributed by atoms with E-state index in [9.17, 15) is 9.59 Å². The second kappa shape index (κ2) is 6.22. The Labute approximate surface area is 112 Å². The molecule has 1 aliphatic heterocycles. The number of likely N-dealkylation sites (tertiary alicyclic amines) is 1. The van der Waals surface area contributed by atoms with Crippen molar-refractivity contribution < 1.29 is 14.7 Å². The summed E-state index contributed by atoms with van der Waals surface area (Å²) in [7, 11) is 0. The highest BCUT2D eigenvalue weighted by Gasteiger charge is 2.22. The van der Waals surface area contributed by atoms with Gasteiger partial charge in [0, 0.05) is 25.3 Å². The lowest BCUT2D eigenvalue weighted by Crippen LogP contribution is -2.47. The van der Waals surface area contributed by atoms with Crippen molar-refractivity contribution in [3.05, 3.63) is 30.3 Å². The predicted octanol–water partition coefficient (Wildman–Crippen LogP) is 1.20. The maximum atomic E-state index is 12.0. The Morgan fingerprint density at radius 2 is 1.89 bits per heavy atom. The smallest absolute Gasteiger partial charge is 0.305 e. The topological polar surface area (TPSA) is 60.9 Å². The number of rotatable bonds is 6. The summed E-state index contributed by atoms with van der Waals surface area (Å²) >= 11 is 0. The molecule has 1 saturated heterocycles. The summed E-state index contributed by atoms with van der Waals surface area (Å²) in [6.45, 7) is 2.23. The molecule has 0 saturated carbocycles. The highest BCUT2D eigenvalue weighted by molar-refractivity contribution is 5.82. The lowest BCUT2D eigenvalue weighted by molar-refractivity contribution is -0.137. The van der Waals surface area contributed by atoms with E-state index in [1.54, 1.807) is 4.90 Å². The number of hydrogen-bond acceptors (Lipinski definition) is 3. The van der Waals surface area contributed by atoms with Gasteiger partial charge in [0.05, 0.1) is 13.0 Å². The van der Waals surface area contributed by atoms with Gasteiger partial charge < -0.3 is 14.9 Å². The second-order valence-electron chi connectivity index (χ2n) is 4.64. The van der Waals surface area contributed by atoms with Crippen LogP contribution >= 0.6 is 0 Å². The zero-order valence-corrected chi connectivity index (χ0v) is 10.8. The second-order valence-corrected chi connectivity index (χ2v) is 4.64. The van der Waals surface area contributed by atoms with Crippen LogP contribution in [0.2, 0.25) is 0 Å². The van der Waals surface area contributed by atoms with Crippen molar-refractivity contribution in [2.75, 3.05) is 31.1 Å². The average molecular weight is 262 g/mol. The largest absolute Gasteiger partial charge is 0.481 e. The van der Waals surface area contributed by atoms with E-state index in [2.05, 4.69) is 0 Å². The van der Waals surface area contributed by atoms with E-state index in [0.717, 1.165) is 25.2 Å². The number of carboxylic acid groups (broad SMARTS) is 1. The van der Waals surface area contributed by atoms with Gasteiger partial charge in [0.25, 0.3) is 0 Å². The highest BCUT2D eigenvalue weighted by Crippen LogP contribution is 2.15. The summed E-state index contributed by atoms with van der Waals surface area (Å²) in [6.07, 6.45) is 1.09. The molecule has 0 aliphatic carbocycles. The van der Waals surface area contributed by atoms with Gasteiger partial charge in [-0.15, -0.1) is 0 Å². The van der Waals surface area contributed by atoms with Gasteiger partial charge in [0.2, 0.25) is 5.91 Å². The van der Waals surface area contributed by atoms with Crippen molar-refractivity contribution in [1.82, 2.24) is 4.90 Å². The number of carbonyl (C=O) groups is 2. The Kier molecular flexibility index (Phi) is 4.39. The van der Waals surface area contributed by atoms with Crippen LogP contribution < -0.4 is 4.90 Å². The summed E-state index contributed by atoms with van der Waals surface area (Å²) in [5, 5.41) is 8.79. The Morgan fingerprint density at radius 3 is 2.42 bits per heavy atom. The Morgan fingerprint density at radius 1 is 1.21 bits per heavy atom. The SMILES string of the molecule is O=C(O)CCN(CC(=O)N1CCC1)c1ccccc1. The quantitative estimate of drug-likeness (QED) is 0.837. The fourth-order valence-electron chi connectivity index (χ4n) is 2.00. The third-order valence-corrected chi connectivity index (χ3v) is 3.25. The molecule has 1 amide bonds. The molecule has 0 atom stereocenters.